The van der Waals surface area contributed by atoms with Crippen molar-refractivity contribution in [3.05, 3.63) is 23.9 Å². The number of nitrogens with zero attached hydrogens (tertiary/aromatic N) is 1. The number of aliphatic carboxylic acids is 1. The van der Waals surface area contributed by atoms with Gasteiger partial charge in [0.15, 0.2) is 0 Å². The zero-order chi connectivity index (χ0) is 15.3. The monoisotopic (exact) mass is 291 g/mol. The number of rotatable bonds is 6. The number of primary amides is 1. The number of nitrogens with one attached hydrogen (secondary N) is 1. The van der Waals surface area contributed by atoms with Gasteiger partial charge in [0, 0.05) is 6.54 Å². The molecule has 21 heavy (non-hydrogen) atoms. The second kappa shape index (κ2) is 6.56. The van der Waals surface area contributed by atoms with Gasteiger partial charge >= 0.3 is 5.97 Å². The highest BCUT2D eigenvalue weighted by Gasteiger charge is 2.34. The van der Waals surface area contributed by atoms with Gasteiger partial charge in [-0.25, -0.2) is 4.98 Å². The van der Waals surface area contributed by atoms with E-state index in [2.05, 4.69) is 10.3 Å². The number of carboxylic acid groups (broad SMARTS) is 1. The number of carbonyl (C=O) groups excluding carboxylic acids is 1. The van der Waals surface area contributed by atoms with Crippen LogP contribution in [-0.2, 0) is 4.79 Å². The van der Waals surface area contributed by atoms with Crippen LogP contribution in [0.15, 0.2) is 18.2 Å². The number of aromatic nitrogens is 1. The van der Waals surface area contributed by atoms with E-state index in [-0.39, 0.29) is 17.5 Å². The molecule has 6 heteroatoms. The minimum absolute atomic E-state index is 0.162. The second-order valence-corrected chi connectivity index (χ2v) is 5.76. The Morgan fingerprint density at radius 2 is 2.00 bits per heavy atom. The van der Waals surface area contributed by atoms with E-state index in [1.54, 1.807) is 18.2 Å². The molecule has 0 radical (unpaired) electrons. The molecule has 0 atom stereocenters. The number of pyridine rings is 1. The molecular formula is C15H21N3O3. The van der Waals surface area contributed by atoms with E-state index in [9.17, 15) is 9.59 Å². The molecule has 1 fully saturated rings. The van der Waals surface area contributed by atoms with Crippen LogP contribution in [0.5, 0.6) is 0 Å². The Morgan fingerprint density at radius 1 is 1.29 bits per heavy atom. The van der Waals surface area contributed by atoms with Crippen molar-refractivity contribution in [2.45, 2.75) is 38.5 Å². The van der Waals surface area contributed by atoms with E-state index >= 15 is 0 Å². The van der Waals surface area contributed by atoms with Crippen LogP contribution in [0.2, 0.25) is 0 Å². The van der Waals surface area contributed by atoms with Crippen LogP contribution < -0.4 is 11.1 Å². The first-order valence-electron chi connectivity index (χ1n) is 7.23. The zero-order valence-electron chi connectivity index (χ0n) is 12.0. The Kier molecular flexibility index (Phi) is 4.77. The summed E-state index contributed by atoms with van der Waals surface area (Å²) in [5.74, 6) is -0.782. The Hall–Kier alpha value is -2.11. The highest BCUT2D eigenvalue weighted by atomic mass is 16.4. The number of nitrogens with two attached hydrogens (primary N) is 1. The maximum absolute atomic E-state index is 11.1. The number of anilines is 1. The van der Waals surface area contributed by atoms with Gasteiger partial charge in [0.25, 0.3) is 5.91 Å². The topological polar surface area (TPSA) is 105 Å². The fraction of sp³-hybridized carbons (Fsp3) is 0.533. The van der Waals surface area contributed by atoms with Gasteiger partial charge in [0.2, 0.25) is 0 Å². The summed E-state index contributed by atoms with van der Waals surface area (Å²) in [6.45, 7) is 0.550. The first kappa shape index (κ1) is 15.3. The molecule has 1 aliphatic carbocycles. The summed E-state index contributed by atoms with van der Waals surface area (Å²) in [7, 11) is 0. The SMILES string of the molecule is NC(=O)c1cccc(NCC2(CC(=O)O)CCCCC2)n1. The van der Waals surface area contributed by atoms with Gasteiger partial charge in [0.1, 0.15) is 11.5 Å². The van der Waals surface area contributed by atoms with Crippen LogP contribution in [0.1, 0.15) is 49.0 Å². The zero-order valence-corrected chi connectivity index (χ0v) is 12.0. The quantitative estimate of drug-likeness (QED) is 0.743. The van der Waals surface area contributed by atoms with Crippen LogP contribution >= 0.6 is 0 Å². The molecule has 1 saturated carbocycles. The predicted octanol–water partition coefficient (Wildman–Crippen LogP) is 2.02. The summed E-state index contributed by atoms with van der Waals surface area (Å²) in [5, 5.41) is 12.3. The number of hydrogen-bond acceptors (Lipinski definition) is 4. The standard InChI is InChI=1S/C15H21N3O3/c16-14(21)11-5-4-6-12(18-11)17-10-15(9-13(19)20)7-2-1-3-8-15/h4-6H,1-3,7-10H2,(H2,16,21)(H,17,18)(H,19,20). The molecule has 1 aromatic rings. The molecule has 4 N–H and O–H groups in total. The molecule has 0 bridgehead atoms. The fourth-order valence-corrected chi connectivity index (χ4v) is 2.99. The molecular weight excluding hydrogens is 270 g/mol. The minimum atomic E-state index is -0.766. The summed E-state index contributed by atoms with van der Waals surface area (Å²) in [5.41, 5.74) is 5.18. The average Bonchev–Trinajstić information content (AvgIpc) is 2.46. The largest absolute Gasteiger partial charge is 0.481 e. The molecule has 0 aliphatic heterocycles. The van der Waals surface area contributed by atoms with Crippen molar-refractivity contribution in [1.29, 1.82) is 0 Å². The normalized spacial score (nSPS) is 17.1. The highest BCUT2D eigenvalue weighted by molar-refractivity contribution is 5.91. The molecule has 2 rings (SSSR count). The Balaban J connectivity index is 2.06. The maximum Gasteiger partial charge on any atom is 0.303 e. The summed E-state index contributed by atoms with van der Waals surface area (Å²) in [6, 6.07) is 5.02. The lowest BCUT2D eigenvalue weighted by Crippen LogP contribution is -2.34. The third kappa shape index (κ3) is 4.18. The Bertz CT molecular complexity index is 525. The first-order valence-corrected chi connectivity index (χ1v) is 7.23. The lowest BCUT2D eigenvalue weighted by molar-refractivity contribution is -0.140. The molecule has 1 amide bonds. The molecule has 0 aromatic carbocycles. The summed E-state index contributed by atoms with van der Waals surface area (Å²) in [6.07, 6.45) is 5.25. The number of amides is 1. The van der Waals surface area contributed by atoms with Gasteiger partial charge in [-0.05, 0) is 30.4 Å². The van der Waals surface area contributed by atoms with Gasteiger partial charge in [0.05, 0.1) is 6.42 Å². The van der Waals surface area contributed by atoms with Gasteiger partial charge in [-0.2, -0.15) is 0 Å². The van der Waals surface area contributed by atoms with Gasteiger partial charge < -0.3 is 16.2 Å². The van der Waals surface area contributed by atoms with Crippen LogP contribution in [0, 0.1) is 5.41 Å². The molecule has 0 unspecified atom stereocenters. The third-order valence-corrected chi connectivity index (χ3v) is 4.09. The van der Waals surface area contributed by atoms with E-state index in [0.717, 1.165) is 32.1 Å². The fourth-order valence-electron chi connectivity index (χ4n) is 2.99. The summed E-state index contributed by atoms with van der Waals surface area (Å²) < 4.78 is 0. The van der Waals surface area contributed by atoms with Crippen LogP contribution in [0.3, 0.4) is 0 Å². The minimum Gasteiger partial charge on any atom is -0.481 e. The van der Waals surface area contributed by atoms with Crippen molar-refractivity contribution in [3.8, 4) is 0 Å². The van der Waals surface area contributed by atoms with Crippen molar-refractivity contribution in [3.63, 3.8) is 0 Å². The molecule has 114 valence electrons. The van der Waals surface area contributed by atoms with Crippen LogP contribution in [0.25, 0.3) is 0 Å². The van der Waals surface area contributed by atoms with Gasteiger partial charge in [-0.1, -0.05) is 25.3 Å². The predicted molar refractivity (Wildman–Crippen MR) is 79.0 cm³/mol. The smallest absolute Gasteiger partial charge is 0.303 e. The van der Waals surface area contributed by atoms with E-state index < -0.39 is 11.9 Å². The van der Waals surface area contributed by atoms with E-state index in [4.69, 9.17) is 10.8 Å². The molecule has 1 aromatic heterocycles. The van der Waals surface area contributed by atoms with E-state index in [1.807, 2.05) is 0 Å². The maximum atomic E-state index is 11.1. The Labute approximate surface area is 123 Å². The van der Waals surface area contributed by atoms with E-state index in [1.165, 1.54) is 0 Å². The van der Waals surface area contributed by atoms with Crippen molar-refractivity contribution in [2.24, 2.45) is 11.1 Å². The average molecular weight is 291 g/mol. The van der Waals surface area contributed by atoms with Crippen LogP contribution in [-0.4, -0.2) is 28.5 Å². The molecule has 0 saturated heterocycles. The Morgan fingerprint density at radius 3 is 2.62 bits per heavy atom. The van der Waals surface area contributed by atoms with Crippen molar-refractivity contribution < 1.29 is 14.7 Å². The molecule has 6 nitrogen and oxygen atoms in total. The van der Waals surface area contributed by atoms with Crippen molar-refractivity contribution in [1.82, 2.24) is 4.98 Å². The van der Waals surface area contributed by atoms with Crippen LogP contribution in [0.4, 0.5) is 5.82 Å². The van der Waals surface area contributed by atoms with Crippen molar-refractivity contribution >= 4 is 17.7 Å². The second-order valence-electron chi connectivity index (χ2n) is 5.76. The molecule has 0 spiro atoms. The highest BCUT2D eigenvalue weighted by Crippen LogP contribution is 2.39. The van der Waals surface area contributed by atoms with E-state index in [0.29, 0.717) is 12.4 Å². The molecule has 1 heterocycles. The summed E-state index contributed by atoms with van der Waals surface area (Å²) >= 11 is 0. The van der Waals surface area contributed by atoms with Crippen molar-refractivity contribution in [2.75, 3.05) is 11.9 Å². The number of hydrogen-bond donors (Lipinski definition) is 3. The summed E-state index contributed by atoms with van der Waals surface area (Å²) in [4.78, 5) is 26.4. The number of carbonyl (C=O) groups is 2. The first-order chi connectivity index (χ1) is 10.0. The van der Waals surface area contributed by atoms with Gasteiger partial charge in [-0.15, -0.1) is 0 Å². The number of carboxylic acids is 1. The lowest BCUT2D eigenvalue weighted by atomic mass is 9.71. The third-order valence-electron chi connectivity index (χ3n) is 4.09. The van der Waals surface area contributed by atoms with Gasteiger partial charge in [-0.3, -0.25) is 9.59 Å². The molecule has 1 aliphatic rings. The lowest BCUT2D eigenvalue weighted by Gasteiger charge is -2.36.